The minimum atomic E-state index is 0.141. The normalized spacial score (nSPS) is 9.30. The average Bonchev–Trinajstić information content (AvgIpc) is 2.41. The molecule has 0 atom stereocenters. The Kier molecular flexibility index (Phi) is 5.47. The minimum absolute atomic E-state index is 0.141. The fourth-order valence-electron chi connectivity index (χ4n) is 1.63. The molecular formula is C16H16O4. The first kappa shape index (κ1) is 15.4. The maximum atomic E-state index is 10.3. The van der Waals surface area contributed by atoms with Gasteiger partial charge in [0.15, 0.2) is 0 Å². The van der Waals surface area contributed by atoms with Crippen molar-refractivity contribution in [3.8, 4) is 11.5 Å². The topological polar surface area (TPSA) is 74.6 Å². The number of aldehydes is 2. The first-order valence-corrected chi connectivity index (χ1v) is 5.97. The number of phenolic OH excluding ortho intramolecular Hbond substituents is 2. The lowest BCUT2D eigenvalue weighted by Crippen LogP contribution is -1.84. The second-order valence-corrected chi connectivity index (χ2v) is 4.33. The van der Waals surface area contributed by atoms with Gasteiger partial charge in [-0.1, -0.05) is 12.1 Å². The fraction of sp³-hybridized carbons (Fsp3) is 0.125. The van der Waals surface area contributed by atoms with Gasteiger partial charge in [-0.2, -0.15) is 0 Å². The van der Waals surface area contributed by atoms with Gasteiger partial charge in [-0.05, 0) is 43.7 Å². The quantitative estimate of drug-likeness (QED) is 0.824. The first-order valence-electron chi connectivity index (χ1n) is 5.97. The van der Waals surface area contributed by atoms with E-state index in [0.29, 0.717) is 23.0 Å². The van der Waals surface area contributed by atoms with Crippen molar-refractivity contribution in [1.82, 2.24) is 0 Å². The largest absolute Gasteiger partial charge is 0.508 e. The van der Waals surface area contributed by atoms with E-state index in [1.54, 1.807) is 37.3 Å². The highest BCUT2D eigenvalue weighted by Crippen LogP contribution is 2.17. The number of carbonyl (C=O) groups excluding carboxylic acids is 2. The Hall–Kier alpha value is -2.62. The number of benzene rings is 2. The minimum Gasteiger partial charge on any atom is -0.508 e. The average molecular weight is 272 g/mol. The van der Waals surface area contributed by atoms with Crippen LogP contribution < -0.4 is 0 Å². The van der Waals surface area contributed by atoms with Crippen LogP contribution in [0.4, 0.5) is 0 Å². The third-order valence-corrected chi connectivity index (χ3v) is 2.69. The zero-order valence-electron chi connectivity index (χ0n) is 11.3. The van der Waals surface area contributed by atoms with Gasteiger partial charge in [-0.15, -0.1) is 0 Å². The molecule has 2 aromatic carbocycles. The Morgan fingerprint density at radius 2 is 1.65 bits per heavy atom. The van der Waals surface area contributed by atoms with E-state index >= 15 is 0 Å². The number of carbonyl (C=O) groups is 2. The standard InChI is InChI=1S/2C8H8O2/c1-6-2-7(5-9)4-8(10)3-6;1-6-7(5-9)3-2-4-8(6)10/h2*2-5,10H,1H3. The van der Waals surface area contributed by atoms with Crippen molar-refractivity contribution in [1.29, 1.82) is 0 Å². The second kappa shape index (κ2) is 7.09. The summed E-state index contributed by atoms with van der Waals surface area (Å²) in [6, 6.07) is 9.62. The van der Waals surface area contributed by atoms with Crippen molar-refractivity contribution in [2.24, 2.45) is 0 Å². The lowest BCUT2D eigenvalue weighted by molar-refractivity contribution is 0.111. The molecule has 0 aromatic heterocycles. The zero-order valence-corrected chi connectivity index (χ0v) is 11.3. The van der Waals surface area contributed by atoms with Gasteiger partial charge >= 0.3 is 0 Å². The molecule has 0 fully saturated rings. The van der Waals surface area contributed by atoms with Crippen LogP contribution in [0.3, 0.4) is 0 Å². The first-order chi connectivity index (χ1) is 9.47. The number of hydrogen-bond acceptors (Lipinski definition) is 4. The van der Waals surface area contributed by atoms with Gasteiger partial charge < -0.3 is 10.2 Å². The van der Waals surface area contributed by atoms with E-state index in [2.05, 4.69) is 0 Å². The highest BCUT2D eigenvalue weighted by Gasteiger charge is 1.98. The third kappa shape index (κ3) is 4.24. The molecule has 0 aliphatic rings. The third-order valence-electron chi connectivity index (χ3n) is 2.69. The molecule has 0 bridgehead atoms. The molecule has 0 heterocycles. The summed E-state index contributed by atoms with van der Waals surface area (Å²) in [5, 5.41) is 18.0. The zero-order chi connectivity index (χ0) is 15.1. The van der Waals surface area contributed by atoms with E-state index in [4.69, 9.17) is 10.2 Å². The van der Waals surface area contributed by atoms with E-state index in [9.17, 15) is 9.59 Å². The van der Waals surface area contributed by atoms with Gasteiger partial charge in [-0.3, -0.25) is 9.59 Å². The molecule has 0 spiro atoms. The molecule has 0 aliphatic carbocycles. The number of hydrogen-bond donors (Lipinski definition) is 2. The van der Waals surface area contributed by atoms with Gasteiger partial charge in [0.2, 0.25) is 0 Å². The monoisotopic (exact) mass is 272 g/mol. The lowest BCUT2D eigenvalue weighted by atomic mass is 10.1. The maximum absolute atomic E-state index is 10.3. The van der Waals surface area contributed by atoms with Crippen molar-refractivity contribution < 1.29 is 19.8 Å². The molecule has 0 amide bonds. The molecule has 0 aliphatic heterocycles. The van der Waals surface area contributed by atoms with Crippen molar-refractivity contribution in [2.45, 2.75) is 13.8 Å². The predicted molar refractivity (Wildman–Crippen MR) is 76.5 cm³/mol. The van der Waals surface area contributed by atoms with Crippen LogP contribution in [0.1, 0.15) is 31.8 Å². The Bertz CT molecular complexity index is 598. The summed E-state index contributed by atoms with van der Waals surface area (Å²) in [6.45, 7) is 3.53. The summed E-state index contributed by atoms with van der Waals surface area (Å²) in [6.07, 6.45) is 1.45. The molecule has 0 saturated heterocycles. The fourth-order valence-corrected chi connectivity index (χ4v) is 1.63. The van der Waals surface area contributed by atoms with Crippen LogP contribution >= 0.6 is 0 Å². The van der Waals surface area contributed by atoms with Crippen molar-refractivity contribution in [2.75, 3.05) is 0 Å². The van der Waals surface area contributed by atoms with Crippen LogP contribution in [-0.4, -0.2) is 22.8 Å². The summed E-state index contributed by atoms with van der Waals surface area (Å²) in [5.74, 6) is 0.312. The Balaban J connectivity index is 0.000000200. The van der Waals surface area contributed by atoms with Crippen LogP contribution in [0, 0.1) is 13.8 Å². The van der Waals surface area contributed by atoms with Gasteiger partial charge in [0.25, 0.3) is 0 Å². The summed E-state index contributed by atoms with van der Waals surface area (Å²) in [4.78, 5) is 20.5. The number of phenols is 2. The van der Waals surface area contributed by atoms with Gasteiger partial charge in [0.1, 0.15) is 24.1 Å². The number of aromatic hydroxyl groups is 2. The molecule has 2 N–H and O–H groups in total. The summed E-state index contributed by atoms with van der Waals surface area (Å²) in [7, 11) is 0. The maximum Gasteiger partial charge on any atom is 0.150 e. The lowest BCUT2D eigenvalue weighted by Gasteiger charge is -1.98. The van der Waals surface area contributed by atoms with Crippen LogP contribution in [-0.2, 0) is 0 Å². The van der Waals surface area contributed by atoms with E-state index in [1.807, 2.05) is 6.92 Å². The molecule has 0 saturated carbocycles. The second-order valence-electron chi connectivity index (χ2n) is 4.33. The Labute approximate surface area is 117 Å². The molecule has 20 heavy (non-hydrogen) atoms. The summed E-state index contributed by atoms with van der Waals surface area (Å²) >= 11 is 0. The SMILES string of the molecule is Cc1c(O)cccc1C=O.Cc1cc(O)cc(C=O)c1. The molecule has 4 nitrogen and oxygen atoms in total. The number of rotatable bonds is 2. The summed E-state index contributed by atoms with van der Waals surface area (Å²) in [5.41, 5.74) is 2.58. The van der Waals surface area contributed by atoms with E-state index in [-0.39, 0.29) is 11.5 Å². The molecule has 2 rings (SSSR count). The summed E-state index contributed by atoms with van der Waals surface area (Å²) < 4.78 is 0. The Morgan fingerprint density at radius 1 is 0.950 bits per heavy atom. The molecule has 0 unspecified atom stereocenters. The van der Waals surface area contributed by atoms with Crippen LogP contribution in [0.15, 0.2) is 36.4 Å². The smallest absolute Gasteiger partial charge is 0.150 e. The van der Waals surface area contributed by atoms with Crippen molar-refractivity contribution in [3.63, 3.8) is 0 Å². The highest BCUT2D eigenvalue weighted by molar-refractivity contribution is 5.78. The van der Waals surface area contributed by atoms with Crippen LogP contribution in [0.25, 0.3) is 0 Å². The van der Waals surface area contributed by atoms with Gasteiger partial charge in [0, 0.05) is 16.7 Å². The molecular weight excluding hydrogens is 256 g/mol. The highest BCUT2D eigenvalue weighted by atomic mass is 16.3. The molecule has 2 aromatic rings. The van der Waals surface area contributed by atoms with Gasteiger partial charge in [-0.25, -0.2) is 0 Å². The van der Waals surface area contributed by atoms with E-state index in [1.165, 1.54) is 6.07 Å². The Morgan fingerprint density at radius 3 is 2.15 bits per heavy atom. The van der Waals surface area contributed by atoms with Crippen molar-refractivity contribution in [3.05, 3.63) is 58.7 Å². The van der Waals surface area contributed by atoms with E-state index < -0.39 is 0 Å². The molecule has 104 valence electrons. The molecule has 0 radical (unpaired) electrons. The van der Waals surface area contributed by atoms with Crippen LogP contribution in [0.2, 0.25) is 0 Å². The van der Waals surface area contributed by atoms with Gasteiger partial charge in [0.05, 0.1) is 0 Å². The predicted octanol–water partition coefficient (Wildman–Crippen LogP) is 3.03. The van der Waals surface area contributed by atoms with E-state index in [0.717, 1.165) is 11.8 Å². The van der Waals surface area contributed by atoms with Crippen molar-refractivity contribution >= 4 is 12.6 Å². The molecule has 4 heteroatoms. The van der Waals surface area contributed by atoms with Crippen LogP contribution in [0.5, 0.6) is 11.5 Å². The number of aryl methyl sites for hydroxylation is 1.